The van der Waals surface area contributed by atoms with Gasteiger partial charge in [-0.25, -0.2) is 28.1 Å². The van der Waals surface area contributed by atoms with E-state index in [-0.39, 0.29) is 33.0 Å². The van der Waals surface area contributed by atoms with Gasteiger partial charge in [-0.15, -0.1) is 0 Å². The third kappa shape index (κ3) is 7.50. The first-order valence-electron chi connectivity index (χ1n) is 16.6. The summed E-state index contributed by atoms with van der Waals surface area (Å²) in [5.41, 5.74) is -1.03. The Hall–Kier alpha value is -1.59. The van der Waals surface area contributed by atoms with Gasteiger partial charge in [-0.1, -0.05) is 76.2 Å². The predicted molar refractivity (Wildman–Crippen MR) is 169 cm³/mol. The molecule has 41 heavy (non-hydrogen) atoms. The van der Waals surface area contributed by atoms with Gasteiger partial charge in [-0.3, -0.25) is 0 Å². The van der Waals surface area contributed by atoms with Crippen LogP contribution in [0.2, 0.25) is 0 Å². The fourth-order valence-corrected chi connectivity index (χ4v) is 11.4. The van der Waals surface area contributed by atoms with Crippen molar-refractivity contribution in [2.24, 2.45) is 50.7 Å². The minimum Gasteiger partial charge on any atom is -0.247 e. The Bertz CT molecular complexity index is 1220. The fourth-order valence-electron chi connectivity index (χ4n) is 11.4. The Balaban J connectivity index is 1.81. The van der Waals surface area contributed by atoms with Crippen LogP contribution >= 0.6 is 0 Å². The van der Waals surface area contributed by atoms with Gasteiger partial charge in [0.25, 0.3) is 0 Å². The molecule has 0 aliphatic heterocycles. The molecule has 1 heterocycles. The second-order valence-corrected chi connectivity index (χ2v) is 18.7. The van der Waals surface area contributed by atoms with E-state index < -0.39 is 17.1 Å². The van der Waals surface area contributed by atoms with Gasteiger partial charge in [-0.05, 0) is 109 Å². The van der Waals surface area contributed by atoms with Crippen molar-refractivity contribution in [3.05, 3.63) is 31.5 Å². The van der Waals surface area contributed by atoms with E-state index in [1.807, 2.05) is 0 Å². The van der Waals surface area contributed by atoms with Gasteiger partial charge in [0, 0.05) is 19.6 Å². The van der Waals surface area contributed by atoms with Crippen LogP contribution in [-0.2, 0) is 19.6 Å². The molecule has 4 rings (SSSR count). The van der Waals surface area contributed by atoms with Crippen LogP contribution in [0.15, 0.2) is 14.4 Å². The highest BCUT2D eigenvalue weighted by molar-refractivity contribution is 4.95. The van der Waals surface area contributed by atoms with Crippen molar-refractivity contribution in [3.63, 3.8) is 0 Å². The lowest BCUT2D eigenvalue weighted by atomic mass is 9.61. The maximum absolute atomic E-state index is 14.2. The highest BCUT2D eigenvalue weighted by atomic mass is 16.2. The van der Waals surface area contributed by atoms with Crippen LogP contribution in [0.25, 0.3) is 0 Å². The molecule has 0 spiro atoms. The Morgan fingerprint density at radius 2 is 0.927 bits per heavy atom. The largest absolute Gasteiger partial charge is 0.336 e. The zero-order chi connectivity index (χ0) is 30.8. The monoisotopic (exact) mass is 571 g/mol. The lowest BCUT2D eigenvalue weighted by Crippen LogP contribution is -2.58. The van der Waals surface area contributed by atoms with Crippen LogP contribution in [-0.4, -0.2) is 13.7 Å². The third-order valence-electron chi connectivity index (χ3n) is 10.7. The van der Waals surface area contributed by atoms with E-state index in [1.165, 1.54) is 20.1 Å². The highest BCUT2D eigenvalue weighted by Crippen LogP contribution is 2.50. The van der Waals surface area contributed by atoms with Gasteiger partial charge in [0.2, 0.25) is 0 Å². The molecule has 1 aromatic heterocycles. The van der Waals surface area contributed by atoms with E-state index in [0.717, 1.165) is 51.4 Å². The van der Waals surface area contributed by atoms with Crippen molar-refractivity contribution in [1.82, 2.24) is 13.7 Å². The van der Waals surface area contributed by atoms with Crippen LogP contribution < -0.4 is 17.1 Å². The van der Waals surface area contributed by atoms with Crippen LogP contribution in [0, 0.1) is 50.7 Å². The van der Waals surface area contributed by atoms with E-state index in [9.17, 15) is 14.4 Å². The normalized spacial score (nSPS) is 36.7. The topological polar surface area (TPSA) is 66.0 Å². The molecule has 6 unspecified atom stereocenters. The van der Waals surface area contributed by atoms with Crippen LogP contribution in [0.5, 0.6) is 0 Å². The molecule has 0 amide bonds. The molecule has 0 N–H and O–H groups in total. The molecule has 234 valence electrons. The molecule has 0 saturated heterocycles. The SMILES string of the molecule is CC1CC(Cn2c(=O)n(CC3(C)CC(C)CC(C)(C)C3)c(=O)n(CC3(C)CC(C)CC(C)(C)C3)c2=O)CC(C)(C)C1. The van der Waals surface area contributed by atoms with Crippen molar-refractivity contribution in [1.29, 1.82) is 0 Å². The van der Waals surface area contributed by atoms with E-state index in [0.29, 0.717) is 37.4 Å². The summed E-state index contributed by atoms with van der Waals surface area (Å²) in [4.78, 5) is 42.6. The number of rotatable bonds is 6. The standard InChI is InChI=1S/C35H61N3O3/c1-24-12-27(18-31(4,5)13-24)19-36-28(39)37(22-34(10)16-25(2)14-32(6,7)20-34)30(41)38(29(36)40)23-35(11)17-26(3)15-33(8,9)21-35/h24-27H,12-23H2,1-11H3. The number of aromatic nitrogens is 3. The first-order chi connectivity index (χ1) is 18.6. The van der Waals surface area contributed by atoms with E-state index >= 15 is 0 Å². The van der Waals surface area contributed by atoms with Gasteiger partial charge >= 0.3 is 17.1 Å². The van der Waals surface area contributed by atoms with Gasteiger partial charge in [0.15, 0.2) is 0 Å². The molecule has 6 nitrogen and oxygen atoms in total. The molecular formula is C35H61N3O3. The first-order valence-corrected chi connectivity index (χ1v) is 16.6. The Kier molecular flexibility index (Phi) is 8.55. The third-order valence-corrected chi connectivity index (χ3v) is 10.7. The summed E-state index contributed by atoms with van der Waals surface area (Å²) in [5.74, 6) is 1.88. The predicted octanol–water partition coefficient (Wildman–Crippen LogP) is 7.34. The molecule has 3 fully saturated rings. The fraction of sp³-hybridized carbons (Fsp3) is 0.914. The second kappa shape index (κ2) is 10.8. The van der Waals surface area contributed by atoms with E-state index in [2.05, 4.69) is 76.2 Å². The first kappa shape index (κ1) is 32.3. The second-order valence-electron chi connectivity index (χ2n) is 18.7. The Labute approximate surface area is 249 Å². The smallest absolute Gasteiger partial charge is 0.247 e. The molecule has 3 saturated carbocycles. The minimum absolute atomic E-state index is 0.157. The zero-order valence-electron chi connectivity index (χ0n) is 28.4. The average Bonchev–Trinajstić information content (AvgIpc) is 2.72. The summed E-state index contributed by atoms with van der Waals surface area (Å²) in [6.45, 7) is 26.4. The molecule has 3 aliphatic rings. The molecule has 0 bridgehead atoms. The van der Waals surface area contributed by atoms with Gasteiger partial charge in [-0.2, -0.15) is 0 Å². The summed E-state index contributed by atoms with van der Waals surface area (Å²) in [7, 11) is 0. The Morgan fingerprint density at radius 1 is 0.537 bits per heavy atom. The molecule has 6 heteroatoms. The van der Waals surface area contributed by atoms with Gasteiger partial charge in [0.05, 0.1) is 0 Å². The summed E-state index contributed by atoms with van der Waals surface area (Å²) < 4.78 is 4.39. The van der Waals surface area contributed by atoms with Gasteiger partial charge in [0.1, 0.15) is 0 Å². The summed E-state index contributed by atoms with van der Waals surface area (Å²) in [6.07, 6.45) is 9.39. The summed E-state index contributed by atoms with van der Waals surface area (Å²) >= 11 is 0. The number of nitrogens with zero attached hydrogens (tertiary/aromatic N) is 3. The molecule has 0 radical (unpaired) electrons. The lowest BCUT2D eigenvalue weighted by molar-refractivity contribution is 0.0376. The van der Waals surface area contributed by atoms with Crippen LogP contribution in [0.1, 0.15) is 134 Å². The van der Waals surface area contributed by atoms with Crippen molar-refractivity contribution < 1.29 is 0 Å². The zero-order valence-corrected chi connectivity index (χ0v) is 28.4. The molecule has 6 atom stereocenters. The summed E-state index contributed by atoms with van der Waals surface area (Å²) in [5, 5.41) is 0. The number of hydrogen-bond acceptors (Lipinski definition) is 3. The van der Waals surface area contributed by atoms with Crippen molar-refractivity contribution >= 4 is 0 Å². The van der Waals surface area contributed by atoms with Crippen molar-refractivity contribution in [2.75, 3.05) is 0 Å². The van der Waals surface area contributed by atoms with E-state index in [4.69, 9.17) is 0 Å². The maximum Gasteiger partial charge on any atom is 0.336 e. The van der Waals surface area contributed by atoms with Crippen molar-refractivity contribution in [2.45, 2.75) is 154 Å². The molecule has 0 aromatic carbocycles. The Morgan fingerprint density at radius 3 is 1.32 bits per heavy atom. The van der Waals surface area contributed by atoms with Gasteiger partial charge < -0.3 is 0 Å². The molecule has 1 aromatic rings. The molecule has 3 aliphatic carbocycles. The summed E-state index contributed by atoms with van der Waals surface area (Å²) in [6, 6.07) is 0. The quantitative estimate of drug-likeness (QED) is 0.359. The minimum atomic E-state index is -0.400. The van der Waals surface area contributed by atoms with Crippen molar-refractivity contribution in [3.8, 4) is 0 Å². The molecular weight excluding hydrogens is 510 g/mol. The highest BCUT2D eigenvalue weighted by Gasteiger charge is 2.43. The number of hydrogen-bond donors (Lipinski definition) is 0. The van der Waals surface area contributed by atoms with Crippen LogP contribution in [0.3, 0.4) is 0 Å². The van der Waals surface area contributed by atoms with E-state index in [1.54, 1.807) is 0 Å². The lowest BCUT2D eigenvalue weighted by Gasteiger charge is -2.46. The maximum atomic E-state index is 14.2. The average molecular weight is 572 g/mol. The van der Waals surface area contributed by atoms with Crippen LogP contribution in [0.4, 0.5) is 0 Å².